The van der Waals surface area contributed by atoms with E-state index >= 15 is 0 Å². The van der Waals surface area contributed by atoms with Gasteiger partial charge in [-0.05, 0) is 12.1 Å². The highest BCUT2D eigenvalue weighted by molar-refractivity contribution is 7.07. The molecule has 7 heteroatoms. The van der Waals surface area contributed by atoms with Gasteiger partial charge in [-0.15, -0.1) is 11.3 Å². The summed E-state index contributed by atoms with van der Waals surface area (Å²) in [7, 11) is 0. The lowest BCUT2D eigenvalue weighted by Crippen LogP contribution is -2.58. The zero-order valence-corrected chi connectivity index (χ0v) is 13.2. The molecule has 2 atom stereocenters. The Balaban J connectivity index is 1.38. The Morgan fingerprint density at radius 3 is 2.74 bits per heavy atom. The van der Waals surface area contributed by atoms with E-state index in [9.17, 15) is 9.59 Å². The summed E-state index contributed by atoms with van der Waals surface area (Å²) in [5.74, 6) is 0.344. The van der Waals surface area contributed by atoms with E-state index in [1.165, 1.54) is 11.3 Å². The summed E-state index contributed by atoms with van der Waals surface area (Å²) in [6.45, 7) is 1.99. The number of fused-ring (bicyclic) bond motifs is 1. The Morgan fingerprint density at radius 1 is 1.17 bits per heavy atom. The van der Waals surface area contributed by atoms with E-state index in [4.69, 9.17) is 0 Å². The zero-order valence-electron chi connectivity index (χ0n) is 12.4. The highest BCUT2D eigenvalue weighted by Crippen LogP contribution is 2.33. The molecule has 4 rings (SSSR count). The molecular weight excluding hydrogens is 312 g/mol. The lowest BCUT2D eigenvalue weighted by atomic mass is 9.92. The molecule has 2 aliphatic rings. The molecule has 118 valence electrons. The minimum Gasteiger partial charge on any atom is -0.332 e. The van der Waals surface area contributed by atoms with Crippen molar-refractivity contribution < 1.29 is 9.59 Å². The van der Waals surface area contributed by atoms with Crippen LogP contribution in [0.25, 0.3) is 0 Å². The monoisotopic (exact) mass is 328 g/mol. The number of amides is 3. The summed E-state index contributed by atoms with van der Waals surface area (Å²) in [6, 6.07) is 9.42. The van der Waals surface area contributed by atoms with Crippen molar-refractivity contribution in [3.8, 4) is 0 Å². The molecule has 0 bridgehead atoms. The van der Waals surface area contributed by atoms with E-state index in [0.717, 1.165) is 5.69 Å². The molecule has 1 aromatic carbocycles. The lowest BCUT2D eigenvalue weighted by molar-refractivity contribution is 0.0322. The van der Waals surface area contributed by atoms with Crippen LogP contribution in [0.4, 0.5) is 10.5 Å². The summed E-state index contributed by atoms with van der Waals surface area (Å²) >= 11 is 1.42. The first-order valence-electron chi connectivity index (χ1n) is 7.52. The maximum atomic E-state index is 12.3. The molecule has 1 N–H and O–H groups in total. The van der Waals surface area contributed by atoms with Crippen molar-refractivity contribution in [2.24, 2.45) is 5.92 Å². The quantitative estimate of drug-likeness (QED) is 0.918. The normalized spacial score (nSPS) is 22.4. The Hall–Kier alpha value is -2.41. The highest BCUT2D eigenvalue weighted by Gasteiger charge is 2.49. The van der Waals surface area contributed by atoms with Gasteiger partial charge in [0.15, 0.2) is 0 Å². The number of anilines is 1. The number of hydrogen-bond donors (Lipinski definition) is 1. The number of thiazole rings is 1. The predicted molar refractivity (Wildman–Crippen MR) is 87.5 cm³/mol. The number of aromatic nitrogens is 1. The van der Waals surface area contributed by atoms with Crippen LogP contribution in [0.5, 0.6) is 0 Å². The van der Waals surface area contributed by atoms with Gasteiger partial charge in [-0.2, -0.15) is 0 Å². The van der Waals surface area contributed by atoms with E-state index in [0.29, 0.717) is 31.2 Å². The fourth-order valence-corrected chi connectivity index (χ4v) is 3.75. The molecule has 3 heterocycles. The van der Waals surface area contributed by atoms with E-state index in [-0.39, 0.29) is 18.0 Å². The summed E-state index contributed by atoms with van der Waals surface area (Å²) in [6.07, 6.45) is 0. The van der Waals surface area contributed by atoms with Crippen LogP contribution in [0.15, 0.2) is 41.2 Å². The van der Waals surface area contributed by atoms with Crippen LogP contribution in [-0.4, -0.2) is 52.4 Å². The number of nitrogens with zero attached hydrogens (tertiary/aromatic N) is 3. The molecule has 2 aliphatic heterocycles. The van der Waals surface area contributed by atoms with E-state index in [2.05, 4.69) is 10.3 Å². The van der Waals surface area contributed by atoms with Gasteiger partial charge in [0.2, 0.25) is 0 Å². The van der Waals surface area contributed by atoms with Crippen LogP contribution in [0.1, 0.15) is 10.5 Å². The third-order valence-electron chi connectivity index (χ3n) is 4.46. The van der Waals surface area contributed by atoms with E-state index in [1.54, 1.807) is 15.8 Å². The number of para-hydroxylation sites is 1. The summed E-state index contributed by atoms with van der Waals surface area (Å²) in [5.41, 5.74) is 2.95. The summed E-state index contributed by atoms with van der Waals surface area (Å²) in [5, 5.41) is 4.67. The lowest BCUT2D eigenvalue weighted by Gasteiger charge is -2.42. The second-order valence-electron chi connectivity index (χ2n) is 5.86. The smallest absolute Gasteiger partial charge is 0.321 e. The van der Waals surface area contributed by atoms with Crippen LogP contribution in [0, 0.1) is 5.92 Å². The fourth-order valence-electron chi connectivity index (χ4n) is 3.23. The summed E-state index contributed by atoms with van der Waals surface area (Å²) < 4.78 is 0. The minimum atomic E-state index is -0.105. The van der Waals surface area contributed by atoms with Gasteiger partial charge >= 0.3 is 6.03 Å². The first-order chi connectivity index (χ1) is 11.2. The Bertz CT molecular complexity index is 719. The first-order valence-corrected chi connectivity index (χ1v) is 8.47. The number of rotatable bonds is 2. The number of urea groups is 1. The van der Waals surface area contributed by atoms with Crippen molar-refractivity contribution in [3.05, 3.63) is 46.9 Å². The standard InChI is InChI=1S/C16H16N4O2S/c21-15(13-9-23-10-17-13)20-7-11-6-19(8-14(11)20)16(22)18-12-4-2-1-3-5-12/h1-5,9-11,14H,6-8H2,(H,18,22)/t11-,14-/m1/s1. The predicted octanol–water partition coefficient (Wildman–Crippen LogP) is 2.13. The topological polar surface area (TPSA) is 65.5 Å². The van der Waals surface area contributed by atoms with Crippen LogP contribution in [0.3, 0.4) is 0 Å². The SMILES string of the molecule is O=C(Nc1ccccc1)N1C[C@@H]2CN(C(=O)c3cscn3)[C@@H]2C1. The van der Waals surface area contributed by atoms with Crippen molar-refractivity contribution in [1.29, 1.82) is 0 Å². The van der Waals surface area contributed by atoms with E-state index in [1.807, 2.05) is 35.2 Å². The number of benzene rings is 1. The van der Waals surface area contributed by atoms with Gasteiger partial charge in [0.05, 0.1) is 11.6 Å². The van der Waals surface area contributed by atoms with Crippen LogP contribution < -0.4 is 5.32 Å². The molecule has 0 saturated carbocycles. The molecular formula is C16H16N4O2S. The minimum absolute atomic E-state index is 0.0298. The van der Waals surface area contributed by atoms with Crippen molar-refractivity contribution in [2.45, 2.75) is 6.04 Å². The summed E-state index contributed by atoms with van der Waals surface area (Å²) in [4.78, 5) is 32.4. The third-order valence-corrected chi connectivity index (χ3v) is 5.05. The van der Waals surface area contributed by atoms with Gasteiger partial charge in [0.1, 0.15) is 5.69 Å². The highest BCUT2D eigenvalue weighted by atomic mass is 32.1. The number of hydrogen-bond acceptors (Lipinski definition) is 4. The number of carbonyl (C=O) groups is 2. The Morgan fingerprint density at radius 2 is 2.00 bits per heavy atom. The molecule has 2 saturated heterocycles. The third kappa shape index (κ3) is 2.57. The second kappa shape index (κ2) is 5.66. The fraction of sp³-hybridized carbons (Fsp3) is 0.312. The van der Waals surface area contributed by atoms with Crippen LogP contribution >= 0.6 is 11.3 Å². The van der Waals surface area contributed by atoms with Gasteiger partial charge < -0.3 is 15.1 Å². The molecule has 0 radical (unpaired) electrons. The molecule has 1 aromatic heterocycles. The van der Waals surface area contributed by atoms with Gasteiger partial charge in [-0.25, -0.2) is 9.78 Å². The van der Waals surface area contributed by atoms with Gasteiger partial charge in [0, 0.05) is 36.6 Å². The van der Waals surface area contributed by atoms with Crippen molar-refractivity contribution in [2.75, 3.05) is 25.0 Å². The maximum absolute atomic E-state index is 12.3. The van der Waals surface area contributed by atoms with Gasteiger partial charge in [-0.3, -0.25) is 4.79 Å². The van der Waals surface area contributed by atoms with Crippen molar-refractivity contribution in [3.63, 3.8) is 0 Å². The average Bonchev–Trinajstić information content (AvgIpc) is 3.17. The number of likely N-dealkylation sites (tertiary alicyclic amines) is 2. The average molecular weight is 328 g/mol. The number of carbonyl (C=O) groups excluding carboxylic acids is 2. The molecule has 0 unspecified atom stereocenters. The molecule has 0 spiro atoms. The van der Waals surface area contributed by atoms with Crippen molar-refractivity contribution >= 4 is 29.0 Å². The molecule has 0 aliphatic carbocycles. The zero-order chi connectivity index (χ0) is 15.8. The van der Waals surface area contributed by atoms with E-state index < -0.39 is 0 Å². The largest absolute Gasteiger partial charge is 0.332 e. The first kappa shape index (κ1) is 14.2. The molecule has 2 aromatic rings. The molecule has 23 heavy (non-hydrogen) atoms. The van der Waals surface area contributed by atoms with Gasteiger partial charge in [-0.1, -0.05) is 18.2 Å². The molecule has 2 fully saturated rings. The Kier molecular flexibility index (Phi) is 3.49. The van der Waals surface area contributed by atoms with Crippen LogP contribution in [0.2, 0.25) is 0 Å². The van der Waals surface area contributed by atoms with Crippen LogP contribution in [-0.2, 0) is 0 Å². The molecule has 6 nitrogen and oxygen atoms in total. The Labute approximate surface area is 137 Å². The second-order valence-corrected chi connectivity index (χ2v) is 6.58. The van der Waals surface area contributed by atoms with Crippen molar-refractivity contribution in [1.82, 2.24) is 14.8 Å². The molecule has 3 amide bonds. The number of nitrogens with one attached hydrogen (secondary N) is 1. The maximum Gasteiger partial charge on any atom is 0.321 e. The van der Waals surface area contributed by atoms with Gasteiger partial charge in [0.25, 0.3) is 5.91 Å².